The number of nitrogens with zero attached hydrogens (tertiary/aromatic N) is 1. The molecule has 0 bridgehead atoms. The molecule has 1 aromatic carbocycles. The van der Waals surface area contributed by atoms with Crippen LogP contribution < -0.4 is 16.0 Å². The molecule has 1 aromatic rings. The van der Waals surface area contributed by atoms with Crippen LogP contribution in [-0.4, -0.2) is 25.7 Å². The fraction of sp³-hybridized carbons (Fsp3) is 0.571. The third-order valence-electron chi connectivity index (χ3n) is 3.09. The lowest BCUT2D eigenvalue weighted by atomic mass is 10.2. The number of nitrogens with two attached hydrogens (primary N) is 1. The zero-order chi connectivity index (χ0) is 12.7. The Bertz CT molecular complexity index is 304. The quantitative estimate of drug-likeness (QED) is 0.763. The summed E-state index contributed by atoms with van der Waals surface area (Å²) in [5.74, 6) is 0. The maximum Gasteiger partial charge on any atom is 0.0367 e. The van der Waals surface area contributed by atoms with Crippen molar-refractivity contribution in [2.75, 3.05) is 29.9 Å². The van der Waals surface area contributed by atoms with Crippen LogP contribution in [0.5, 0.6) is 0 Å². The fourth-order valence-corrected chi connectivity index (χ4v) is 1.77. The van der Waals surface area contributed by atoms with Gasteiger partial charge in [0, 0.05) is 37.1 Å². The predicted octanol–water partition coefficient (Wildman–Crippen LogP) is 2.68. The van der Waals surface area contributed by atoms with E-state index in [0.717, 1.165) is 31.7 Å². The molecule has 1 unspecified atom stereocenters. The fourth-order valence-electron chi connectivity index (χ4n) is 1.77. The second kappa shape index (κ2) is 7.17. The summed E-state index contributed by atoms with van der Waals surface area (Å²) in [6.07, 6.45) is 1.00. The first-order valence-corrected chi connectivity index (χ1v) is 6.55. The molecule has 0 aliphatic heterocycles. The molecule has 0 heterocycles. The Morgan fingerprint density at radius 2 is 1.71 bits per heavy atom. The summed E-state index contributed by atoms with van der Waals surface area (Å²) in [7, 11) is 0. The van der Waals surface area contributed by atoms with E-state index in [-0.39, 0.29) is 6.04 Å². The second-order valence-electron chi connectivity index (χ2n) is 4.27. The molecular weight excluding hydrogens is 210 g/mol. The molecule has 96 valence electrons. The first-order valence-electron chi connectivity index (χ1n) is 6.55. The van der Waals surface area contributed by atoms with E-state index >= 15 is 0 Å². The standard InChI is InChI=1S/C14H25N3/c1-4-12(15)11-16-13-7-9-14(10-8-13)17(5-2)6-3/h7-10,12,16H,4-6,11,15H2,1-3H3. The largest absolute Gasteiger partial charge is 0.383 e. The van der Waals surface area contributed by atoms with Crippen molar-refractivity contribution < 1.29 is 0 Å². The molecule has 17 heavy (non-hydrogen) atoms. The van der Waals surface area contributed by atoms with Gasteiger partial charge >= 0.3 is 0 Å². The van der Waals surface area contributed by atoms with E-state index < -0.39 is 0 Å². The Kier molecular flexibility index (Phi) is 5.84. The van der Waals surface area contributed by atoms with Gasteiger partial charge in [-0.15, -0.1) is 0 Å². The molecule has 0 aromatic heterocycles. The maximum absolute atomic E-state index is 5.87. The van der Waals surface area contributed by atoms with Crippen LogP contribution in [0.4, 0.5) is 11.4 Å². The van der Waals surface area contributed by atoms with Crippen molar-refractivity contribution in [2.45, 2.75) is 33.2 Å². The first-order chi connectivity index (χ1) is 8.21. The van der Waals surface area contributed by atoms with Gasteiger partial charge in [0.05, 0.1) is 0 Å². The summed E-state index contributed by atoms with van der Waals surface area (Å²) in [6.45, 7) is 9.39. The van der Waals surface area contributed by atoms with Gasteiger partial charge < -0.3 is 16.0 Å². The minimum absolute atomic E-state index is 0.234. The number of hydrogen-bond donors (Lipinski definition) is 2. The van der Waals surface area contributed by atoms with Crippen LogP contribution in [-0.2, 0) is 0 Å². The van der Waals surface area contributed by atoms with E-state index in [1.165, 1.54) is 5.69 Å². The lowest BCUT2D eigenvalue weighted by molar-refractivity contribution is 0.679. The van der Waals surface area contributed by atoms with Gasteiger partial charge in [0.1, 0.15) is 0 Å². The molecule has 3 nitrogen and oxygen atoms in total. The number of hydrogen-bond acceptors (Lipinski definition) is 3. The predicted molar refractivity (Wildman–Crippen MR) is 76.8 cm³/mol. The van der Waals surface area contributed by atoms with E-state index in [0.29, 0.717) is 0 Å². The van der Waals surface area contributed by atoms with Crippen molar-refractivity contribution in [3.8, 4) is 0 Å². The SMILES string of the molecule is CCC(N)CNc1ccc(N(CC)CC)cc1. The molecule has 0 fully saturated rings. The van der Waals surface area contributed by atoms with Gasteiger partial charge in [-0.05, 0) is 44.5 Å². The van der Waals surface area contributed by atoms with Crippen molar-refractivity contribution in [1.82, 2.24) is 0 Å². The van der Waals surface area contributed by atoms with E-state index in [4.69, 9.17) is 5.73 Å². The topological polar surface area (TPSA) is 41.3 Å². The van der Waals surface area contributed by atoms with Crippen molar-refractivity contribution in [2.24, 2.45) is 5.73 Å². The molecule has 3 N–H and O–H groups in total. The highest BCUT2D eigenvalue weighted by atomic mass is 15.1. The van der Waals surface area contributed by atoms with Gasteiger partial charge in [0.25, 0.3) is 0 Å². The van der Waals surface area contributed by atoms with Crippen LogP contribution in [0.3, 0.4) is 0 Å². The third-order valence-corrected chi connectivity index (χ3v) is 3.09. The summed E-state index contributed by atoms with van der Waals surface area (Å²) >= 11 is 0. The Balaban J connectivity index is 2.55. The summed E-state index contributed by atoms with van der Waals surface area (Å²) in [5.41, 5.74) is 8.29. The lowest BCUT2D eigenvalue weighted by Crippen LogP contribution is -2.28. The Morgan fingerprint density at radius 1 is 1.12 bits per heavy atom. The van der Waals surface area contributed by atoms with Crippen LogP contribution in [0.15, 0.2) is 24.3 Å². The monoisotopic (exact) mass is 235 g/mol. The van der Waals surface area contributed by atoms with Crippen molar-refractivity contribution in [3.05, 3.63) is 24.3 Å². The van der Waals surface area contributed by atoms with Gasteiger partial charge in [-0.1, -0.05) is 6.92 Å². The van der Waals surface area contributed by atoms with Gasteiger partial charge in [-0.2, -0.15) is 0 Å². The van der Waals surface area contributed by atoms with Gasteiger partial charge in [-0.25, -0.2) is 0 Å². The molecule has 0 saturated heterocycles. The van der Waals surface area contributed by atoms with Crippen molar-refractivity contribution >= 4 is 11.4 Å². The Morgan fingerprint density at radius 3 is 2.18 bits per heavy atom. The van der Waals surface area contributed by atoms with Crippen LogP contribution in [0.25, 0.3) is 0 Å². The normalized spacial score (nSPS) is 12.2. The van der Waals surface area contributed by atoms with E-state index in [9.17, 15) is 0 Å². The second-order valence-corrected chi connectivity index (χ2v) is 4.27. The molecule has 3 heteroatoms. The van der Waals surface area contributed by atoms with Crippen LogP contribution in [0.1, 0.15) is 27.2 Å². The number of nitrogens with one attached hydrogen (secondary N) is 1. The smallest absolute Gasteiger partial charge is 0.0367 e. The summed E-state index contributed by atoms with van der Waals surface area (Å²) < 4.78 is 0. The van der Waals surface area contributed by atoms with Gasteiger partial charge in [-0.3, -0.25) is 0 Å². The molecule has 0 aliphatic rings. The van der Waals surface area contributed by atoms with Gasteiger partial charge in [0.15, 0.2) is 0 Å². The Hall–Kier alpha value is -1.22. The molecule has 0 amide bonds. The van der Waals surface area contributed by atoms with E-state index in [1.54, 1.807) is 0 Å². The number of anilines is 2. The number of rotatable bonds is 7. The molecule has 0 saturated carbocycles. The summed E-state index contributed by atoms with van der Waals surface area (Å²) in [5, 5.41) is 3.35. The van der Waals surface area contributed by atoms with E-state index in [2.05, 4.69) is 55.3 Å². The molecule has 0 aliphatic carbocycles. The number of benzene rings is 1. The van der Waals surface area contributed by atoms with Crippen LogP contribution in [0, 0.1) is 0 Å². The van der Waals surface area contributed by atoms with Crippen LogP contribution >= 0.6 is 0 Å². The van der Waals surface area contributed by atoms with Gasteiger partial charge in [0.2, 0.25) is 0 Å². The third kappa shape index (κ3) is 4.27. The first kappa shape index (κ1) is 13.8. The van der Waals surface area contributed by atoms with Crippen LogP contribution in [0.2, 0.25) is 0 Å². The van der Waals surface area contributed by atoms with E-state index in [1.807, 2.05) is 0 Å². The minimum Gasteiger partial charge on any atom is -0.383 e. The summed E-state index contributed by atoms with van der Waals surface area (Å²) in [4.78, 5) is 2.33. The molecule has 1 atom stereocenters. The summed E-state index contributed by atoms with van der Waals surface area (Å²) in [6, 6.07) is 8.79. The lowest BCUT2D eigenvalue weighted by Gasteiger charge is -2.21. The molecular formula is C14H25N3. The zero-order valence-corrected chi connectivity index (χ0v) is 11.2. The molecule has 1 rings (SSSR count). The molecule has 0 radical (unpaired) electrons. The highest BCUT2D eigenvalue weighted by Gasteiger charge is 2.02. The average Bonchev–Trinajstić information content (AvgIpc) is 2.38. The highest BCUT2D eigenvalue weighted by Crippen LogP contribution is 2.17. The zero-order valence-electron chi connectivity index (χ0n) is 11.2. The van der Waals surface area contributed by atoms with Crippen molar-refractivity contribution in [1.29, 1.82) is 0 Å². The molecule has 0 spiro atoms. The highest BCUT2D eigenvalue weighted by molar-refractivity contribution is 5.55. The maximum atomic E-state index is 5.87. The average molecular weight is 235 g/mol. The minimum atomic E-state index is 0.234. The van der Waals surface area contributed by atoms with Crippen molar-refractivity contribution in [3.63, 3.8) is 0 Å². The Labute approximate surface area is 105 Å².